The van der Waals surface area contributed by atoms with Crippen LogP contribution in [0.3, 0.4) is 0 Å². The van der Waals surface area contributed by atoms with Gasteiger partial charge in [0.1, 0.15) is 11.4 Å². The van der Waals surface area contributed by atoms with Crippen LogP contribution in [0.2, 0.25) is 5.02 Å². The molecule has 4 rings (SSSR count). The quantitative estimate of drug-likeness (QED) is 0.676. The molecular formula is C19H18ClN5. The van der Waals surface area contributed by atoms with Crippen molar-refractivity contribution < 1.29 is 0 Å². The van der Waals surface area contributed by atoms with Gasteiger partial charge in [-0.25, -0.2) is 0 Å². The Labute approximate surface area is 151 Å². The number of aryl methyl sites for hydroxylation is 1. The number of hydrogen-bond donors (Lipinski definition) is 1. The van der Waals surface area contributed by atoms with Gasteiger partial charge in [0.2, 0.25) is 0 Å². The van der Waals surface area contributed by atoms with Gasteiger partial charge in [0.25, 0.3) is 0 Å². The van der Waals surface area contributed by atoms with Gasteiger partial charge in [-0.05, 0) is 45.0 Å². The molecule has 0 aliphatic carbocycles. The van der Waals surface area contributed by atoms with Crippen LogP contribution in [0.4, 0.5) is 5.69 Å². The molecule has 0 saturated carbocycles. The average Bonchev–Trinajstić information content (AvgIpc) is 2.92. The van der Waals surface area contributed by atoms with Crippen molar-refractivity contribution in [2.75, 3.05) is 5.73 Å². The molecule has 5 nitrogen and oxygen atoms in total. The van der Waals surface area contributed by atoms with E-state index in [2.05, 4.69) is 10.2 Å². The summed E-state index contributed by atoms with van der Waals surface area (Å²) in [4.78, 5) is 5.03. The highest BCUT2D eigenvalue weighted by Gasteiger charge is 2.33. The lowest BCUT2D eigenvalue weighted by Gasteiger charge is -2.18. The van der Waals surface area contributed by atoms with E-state index in [1.54, 1.807) is 0 Å². The maximum Gasteiger partial charge on any atom is 0.165 e. The first-order chi connectivity index (χ1) is 11.9. The summed E-state index contributed by atoms with van der Waals surface area (Å²) in [6.45, 7) is 5.99. The van der Waals surface area contributed by atoms with E-state index >= 15 is 0 Å². The highest BCUT2D eigenvalue weighted by atomic mass is 35.5. The van der Waals surface area contributed by atoms with Crippen LogP contribution in [0.1, 0.15) is 36.6 Å². The summed E-state index contributed by atoms with van der Waals surface area (Å²) in [5.41, 5.74) is 9.75. The molecule has 0 unspecified atom stereocenters. The molecule has 1 aliphatic heterocycles. The largest absolute Gasteiger partial charge is 0.399 e. The molecule has 0 saturated heterocycles. The number of nitrogens with zero attached hydrogens (tertiary/aromatic N) is 4. The lowest BCUT2D eigenvalue weighted by molar-refractivity contribution is 0.510. The van der Waals surface area contributed by atoms with E-state index in [0.717, 1.165) is 34.2 Å². The monoisotopic (exact) mass is 351 g/mol. The predicted molar refractivity (Wildman–Crippen MR) is 101 cm³/mol. The Bertz CT molecular complexity index is 1020. The van der Waals surface area contributed by atoms with Crippen LogP contribution in [-0.2, 0) is 5.54 Å². The molecule has 1 aromatic heterocycles. The molecule has 2 aromatic carbocycles. The lowest BCUT2D eigenvalue weighted by atomic mass is 9.99. The number of aromatic nitrogens is 3. The van der Waals surface area contributed by atoms with E-state index in [1.807, 2.05) is 67.8 Å². The minimum absolute atomic E-state index is 0.566. The third-order valence-electron chi connectivity index (χ3n) is 4.41. The fraction of sp³-hybridized carbons (Fsp3) is 0.211. The highest BCUT2D eigenvalue weighted by Crippen LogP contribution is 2.36. The fourth-order valence-corrected chi connectivity index (χ4v) is 3.46. The maximum absolute atomic E-state index is 6.48. The van der Waals surface area contributed by atoms with Gasteiger partial charge < -0.3 is 5.73 Å². The van der Waals surface area contributed by atoms with Crippen LogP contribution in [0.5, 0.6) is 0 Å². The second kappa shape index (κ2) is 5.43. The molecule has 25 heavy (non-hydrogen) atoms. The van der Waals surface area contributed by atoms with Gasteiger partial charge in [0.05, 0.1) is 11.4 Å². The summed E-state index contributed by atoms with van der Waals surface area (Å²) in [6.07, 6.45) is 0. The van der Waals surface area contributed by atoms with Crippen molar-refractivity contribution in [2.24, 2.45) is 4.99 Å². The summed E-state index contributed by atoms with van der Waals surface area (Å²) in [5, 5.41) is 9.29. The number of fused-ring (bicyclic) bond motifs is 3. The van der Waals surface area contributed by atoms with Crippen molar-refractivity contribution in [2.45, 2.75) is 26.3 Å². The van der Waals surface area contributed by atoms with E-state index in [9.17, 15) is 0 Å². The van der Waals surface area contributed by atoms with Crippen LogP contribution >= 0.6 is 11.6 Å². The number of benzene rings is 2. The van der Waals surface area contributed by atoms with E-state index in [4.69, 9.17) is 22.3 Å². The number of nitrogens with two attached hydrogens (primary N) is 1. The summed E-state index contributed by atoms with van der Waals surface area (Å²) in [6, 6.07) is 13.5. The Morgan fingerprint density at radius 1 is 1.04 bits per heavy atom. The maximum atomic E-state index is 6.48. The van der Waals surface area contributed by atoms with Crippen molar-refractivity contribution in [1.29, 1.82) is 0 Å². The molecular weight excluding hydrogens is 334 g/mol. The van der Waals surface area contributed by atoms with Crippen LogP contribution in [-0.4, -0.2) is 20.5 Å². The van der Waals surface area contributed by atoms with Gasteiger partial charge in [-0.15, -0.1) is 10.2 Å². The second-order valence-electron chi connectivity index (χ2n) is 6.68. The minimum atomic E-state index is -0.566. The molecule has 0 spiro atoms. The van der Waals surface area contributed by atoms with Crippen molar-refractivity contribution in [3.05, 3.63) is 70.3 Å². The van der Waals surface area contributed by atoms with Gasteiger partial charge in [-0.2, -0.15) is 0 Å². The third-order valence-corrected chi connectivity index (χ3v) is 4.74. The molecule has 126 valence electrons. The van der Waals surface area contributed by atoms with Crippen molar-refractivity contribution >= 4 is 23.0 Å². The summed E-state index contributed by atoms with van der Waals surface area (Å²) in [5.74, 6) is 1.60. The molecule has 0 radical (unpaired) electrons. The molecule has 1 aliphatic rings. The topological polar surface area (TPSA) is 69.1 Å². The first kappa shape index (κ1) is 15.8. The van der Waals surface area contributed by atoms with Crippen molar-refractivity contribution in [3.63, 3.8) is 0 Å². The van der Waals surface area contributed by atoms with Crippen LogP contribution in [0.15, 0.2) is 47.5 Å². The number of rotatable bonds is 1. The van der Waals surface area contributed by atoms with Crippen LogP contribution < -0.4 is 5.73 Å². The SMILES string of the molecule is Cc1nnc2n1-c1ccc(N)cc1C(c1ccccc1Cl)=NC2(C)C. The van der Waals surface area contributed by atoms with Gasteiger partial charge in [0.15, 0.2) is 5.82 Å². The van der Waals surface area contributed by atoms with Gasteiger partial charge in [-0.3, -0.25) is 9.56 Å². The Morgan fingerprint density at radius 3 is 2.56 bits per heavy atom. The van der Waals surface area contributed by atoms with Gasteiger partial charge in [-0.1, -0.05) is 29.8 Å². The fourth-order valence-electron chi connectivity index (χ4n) is 3.23. The van der Waals surface area contributed by atoms with Crippen molar-refractivity contribution in [1.82, 2.24) is 14.8 Å². The average molecular weight is 352 g/mol. The Hall–Kier alpha value is -2.66. The number of halogens is 1. The number of hydrogen-bond acceptors (Lipinski definition) is 4. The van der Waals surface area contributed by atoms with E-state index < -0.39 is 5.54 Å². The van der Waals surface area contributed by atoms with E-state index in [1.165, 1.54) is 0 Å². The standard InChI is InChI=1S/C19H18ClN5/c1-11-23-24-18-19(2,3)22-17(13-6-4-5-7-15(13)20)14-10-12(21)8-9-16(14)25(11)18/h4-10H,21H2,1-3H3. The minimum Gasteiger partial charge on any atom is -0.399 e. The first-order valence-electron chi connectivity index (χ1n) is 8.06. The normalized spacial score (nSPS) is 15.1. The lowest BCUT2D eigenvalue weighted by Crippen LogP contribution is -2.20. The smallest absolute Gasteiger partial charge is 0.165 e. The van der Waals surface area contributed by atoms with Crippen LogP contribution in [0.25, 0.3) is 5.69 Å². The number of nitrogen functional groups attached to an aromatic ring is 1. The summed E-state index contributed by atoms with van der Waals surface area (Å²) < 4.78 is 2.04. The molecule has 2 heterocycles. The summed E-state index contributed by atoms with van der Waals surface area (Å²) in [7, 11) is 0. The molecule has 3 aromatic rings. The molecule has 0 atom stereocenters. The van der Waals surface area contributed by atoms with Crippen molar-refractivity contribution in [3.8, 4) is 5.69 Å². The molecule has 0 fully saturated rings. The van der Waals surface area contributed by atoms with E-state index in [-0.39, 0.29) is 0 Å². The molecule has 6 heteroatoms. The van der Waals surface area contributed by atoms with Crippen LogP contribution in [0, 0.1) is 6.92 Å². The number of anilines is 1. The predicted octanol–water partition coefficient (Wildman–Crippen LogP) is 3.90. The molecule has 2 N–H and O–H groups in total. The second-order valence-corrected chi connectivity index (χ2v) is 7.09. The summed E-state index contributed by atoms with van der Waals surface area (Å²) >= 11 is 6.48. The Balaban J connectivity index is 2.12. The van der Waals surface area contributed by atoms with Gasteiger partial charge in [0, 0.05) is 21.8 Å². The zero-order valence-corrected chi connectivity index (χ0v) is 15.0. The number of aliphatic imine (C=N–C) groups is 1. The Morgan fingerprint density at radius 2 is 1.80 bits per heavy atom. The third kappa shape index (κ3) is 2.43. The highest BCUT2D eigenvalue weighted by molar-refractivity contribution is 6.35. The zero-order valence-electron chi connectivity index (χ0n) is 14.3. The molecule has 0 amide bonds. The first-order valence-corrected chi connectivity index (χ1v) is 8.44. The Kier molecular flexibility index (Phi) is 3.44. The zero-order chi connectivity index (χ0) is 17.8. The van der Waals surface area contributed by atoms with E-state index in [0.29, 0.717) is 10.7 Å². The van der Waals surface area contributed by atoms with Gasteiger partial charge >= 0.3 is 0 Å². The molecule has 0 bridgehead atoms.